The van der Waals surface area contributed by atoms with Crippen molar-refractivity contribution in [3.63, 3.8) is 0 Å². The highest BCUT2D eigenvalue weighted by molar-refractivity contribution is 6.31. The number of nitrogens with zero attached hydrogens (tertiary/aromatic N) is 2. The molecule has 3 nitrogen and oxygen atoms in total. The molecule has 0 radical (unpaired) electrons. The maximum Gasteiger partial charge on any atom is 0.182 e. The molecule has 16 heavy (non-hydrogen) atoms. The highest BCUT2D eigenvalue weighted by Crippen LogP contribution is 2.33. The molecule has 0 saturated heterocycles. The van der Waals surface area contributed by atoms with Crippen molar-refractivity contribution in [2.75, 3.05) is 7.11 Å². The number of ether oxygens (including phenoxy) is 1. The van der Waals surface area contributed by atoms with Gasteiger partial charge in [-0.2, -0.15) is 0 Å². The standard InChI is InChI=1S/C11H8Cl2N2O/c1-16-10-9(14-6-15-11(10)13)7-3-2-4-8(12)5-7/h2-6H,1H3. The lowest BCUT2D eigenvalue weighted by Crippen LogP contribution is -1.94. The molecule has 0 aliphatic rings. The van der Waals surface area contributed by atoms with E-state index in [1.807, 2.05) is 12.1 Å². The third-order valence-electron chi connectivity index (χ3n) is 2.06. The number of hydrogen-bond acceptors (Lipinski definition) is 3. The van der Waals surface area contributed by atoms with Crippen molar-refractivity contribution in [2.45, 2.75) is 0 Å². The molecular weight excluding hydrogens is 247 g/mol. The molecule has 0 bridgehead atoms. The Labute approximate surface area is 103 Å². The number of methoxy groups -OCH3 is 1. The smallest absolute Gasteiger partial charge is 0.182 e. The van der Waals surface area contributed by atoms with Crippen molar-refractivity contribution in [1.82, 2.24) is 9.97 Å². The Morgan fingerprint density at radius 2 is 2.00 bits per heavy atom. The van der Waals surface area contributed by atoms with Crippen LogP contribution in [0.4, 0.5) is 0 Å². The molecule has 0 saturated carbocycles. The highest BCUT2D eigenvalue weighted by atomic mass is 35.5. The minimum Gasteiger partial charge on any atom is -0.491 e. The fraction of sp³-hybridized carbons (Fsp3) is 0.0909. The molecule has 0 spiro atoms. The molecule has 0 atom stereocenters. The van der Waals surface area contributed by atoms with Gasteiger partial charge in [-0.05, 0) is 12.1 Å². The minimum absolute atomic E-state index is 0.285. The number of benzene rings is 1. The van der Waals surface area contributed by atoms with E-state index >= 15 is 0 Å². The summed E-state index contributed by atoms with van der Waals surface area (Å²) in [5, 5.41) is 0.918. The van der Waals surface area contributed by atoms with Gasteiger partial charge in [0.1, 0.15) is 12.0 Å². The molecule has 0 fully saturated rings. The lowest BCUT2D eigenvalue weighted by Gasteiger charge is -2.08. The second kappa shape index (κ2) is 4.68. The Morgan fingerprint density at radius 1 is 1.19 bits per heavy atom. The molecule has 82 valence electrons. The van der Waals surface area contributed by atoms with E-state index in [1.54, 1.807) is 12.1 Å². The zero-order valence-corrected chi connectivity index (χ0v) is 9.96. The van der Waals surface area contributed by atoms with E-state index < -0.39 is 0 Å². The van der Waals surface area contributed by atoms with Crippen molar-refractivity contribution < 1.29 is 4.74 Å². The second-order valence-electron chi connectivity index (χ2n) is 3.06. The van der Waals surface area contributed by atoms with Crippen LogP contribution in [0.5, 0.6) is 5.75 Å². The summed E-state index contributed by atoms with van der Waals surface area (Å²) >= 11 is 11.8. The molecule has 2 aromatic rings. The van der Waals surface area contributed by atoms with Crippen LogP contribution in [0.1, 0.15) is 0 Å². The van der Waals surface area contributed by atoms with Gasteiger partial charge in [0.2, 0.25) is 0 Å². The Hall–Kier alpha value is -1.32. The summed E-state index contributed by atoms with van der Waals surface area (Å²) in [6, 6.07) is 7.31. The van der Waals surface area contributed by atoms with E-state index in [4.69, 9.17) is 27.9 Å². The number of halogens is 2. The predicted molar refractivity (Wildman–Crippen MR) is 64.0 cm³/mol. The summed E-state index contributed by atoms with van der Waals surface area (Å²) in [5.74, 6) is 0.450. The highest BCUT2D eigenvalue weighted by Gasteiger charge is 2.12. The zero-order chi connectivity index (χ0) is 11.5. The molecule has 0 N–H and O–H groups in total. The molecule has 1 aromatic heterocycles. The van der Waals surface area contributed by atoms with E-state index in [9.17, 15) is 0 Å². The Bertz CT molecular complexity index is 517. The molecule has 5 heteroatoms. The summed E-state index contributed by atoms with van der Waals surface area (Å²) in [6.45, 7) is 0. The van der Waals surface area contributed by atoms with E-state index in [2.05, 4.69) is 9.97 Å². The maximum absolute atomic E-state index is 5.91. The fourth-order valence-corrected chi connectivity index (χ4v) is 1.78. The molecule has 0 amide bonds. The monoisotopic (exact) mass is 254 g/mol. The van der Waals surface area contributed by atoms with Crippen LogP contribution in [-0.2, 0) is 0 Å². The largest absolute Gasteiger partial charge is 0.491 e. The third kappa shape index (κ3) is 2.10. The fourth-order valence-electron chi connectivity index (χ4n) is 1.37. The first-order valence-corrected chi connectivity index (χ1v) is 5.28. The molecule has 2 rings (SSSR count). The number of rotatable bonds is 2. The molecule has 1 heterocycles. The van der Waals surface area contributed by atoms with E-state index in [1.165, 1.54) is 13.4 Å². The van der Waals surface area contributed by atoms with Gasteiger partial charge >= 0.3 is 0 Å². The van der Waals surface area contributed by atoms with Crippen LogP contribution < -0.4 is 4.74 Å². The Balaban J connectivity index is 2.60. The van der Waals surface area contributed by atoms with Gasteiger partial charge in [-0.25, -0.2) is 9.97 Å². The average molecular weight is 255 g/mol. The molecule has 0 aliphatic carbocycles. The lowest BCUT2D eigenvalue weighted by molar-refractivity contribution is 0.413. The summed E-state index contributed by atoms with van der Waals surface area (Å²) in [4.78, 5) is 8.00. The molecule has 0 unspecified atom stereocenters. The minimum atomic E-state index is 0.285. The predicted octanol–water partition coefficient (Wildman–Crippen LogP) is 3.46. The Morgan fingerprint density at radius 3 is 2.69 bits per heavy atom. The van der Waals surface area contributed by atoms with Gasteiger partial charge in [0, 0.05) is 10.6 Å². The van der Waals surface area contributed by atoms with Crippen molar-refractivity contribution in [3.8, 4) is 17.0 Å². The number of hydrogen-bond donors (Lipinski definition) is 0. The van der Waals surface area contributed by atoms with Crippen LogP contribution >= 0.6 is 23.2 Å². The van der Waals surface area contributed by atoms with Crippen LogP contribution in [0.15, 0.2) is 30.6 Å². The first kappa shape index (κ1) is 11.2. The van der Waals surface area contributed by atoms with Crippen LogP contribution in [0.25, 0.3) is 11.3 Å². The van der Waals surface area contributed by atoms with Crippen LogP contribution in [-0.4, -0.2) is 17.1 Å². The average Bonchev–Trinajstić information content (AvgIpc) is 2.28. The Kier molecular flexibility index (Phi) is 3.27. The van der Waals surface area contributed by atoms with Gasteiger partial charge in [-0.1, -0.05) is 35.3 Å². The summed E-state index contributed by atoms with van der Waals surface area (Å²) in [6.07, 6.45) is 1.39. The van der Waals surface area contributed by atoms with Gasteiger partial charge in [-0.3, -0.25) is 0 Å². The van der Waals surface area contributed by atoms with Crippen LogP contribution in [0, 0.1) is 0 Å². The normalized spacial score (nSPS) is 10.2. The van der Waals surface area contributed by atoms with Gasteiger partial charge in [-0.15, -0.1) is 0 Å². The molecule has 0 aliphatic heterocycles. The third-order valence-corrected chi connectivity index (χ3v) is 2.57. The van der Waals surface area contributed by atoms with Crippen molar-refractivity contribution in [1.29, 1.82) is 0 Å². The van der Waals surface area contributed by atoms with Crippen molar-refractivity contribution in [3.05, 3.63) is 40.8 Å². The van der Waals surface area contributed by atoms with E-state index in [0.717, 1.165) is 5.56 Å². The summed E-state index contributed by atoms with van der Waals surface area (Å²) < 4.78 is 5.17. The van der Waals surface area contributed by atoms with E-state index in [-0.39, 0.29) is 5.15 Å². The van der Waals surface area contributed by atoms with Gasteiger partial charge in [0.25, 0.3) is 0 Å². The van der Waals surface area contributed by atoms with Crippen molar-refractivity contribution >= 4 is 23.2 Å². The summed E-state index contributed by atoms with van der Waals surface area (Å²) in [7, 11) is 1.53. The van der Waals surface area contributed by atoms with Crippen LogP contribution in [0.3, 0.4) is 0 Å². The van der Waals surface area contributed by atoms with E-state index in [0.29, 0.717) is 16.5 Å². The summed E-state index contributed by atoms with van der Waals surface area (Å²) in [5.41, 5.74) is 1.47. The maximum atomic E-state index is 5.91. The number of aromatic nitrogens is 2. The zero-order valence-electron chi connectivity index (χ0n) is 8.45. The molecule has 1 aromatic carbocycles. The first-order valence-electron chi connectivity index (χ1n) is 4.53. The SMILES string of the molecule is COc1c(Cl)ncnc1-c1cccc(Cl)c1. The first-order chi connectivity index (χ1) is 7.72. The van der Waals surface area contributed by atoms with Gasteiger partial charge in [0.05, 0.1) is 7.11 Å². The second-order valence-corrected chi connectivity index (χ2v) is 3.85. The van der Waals surface area contributed by atoms with Gasteiger partial charge < -0.3 is 4.74 Å². The molecular formula is C11H8Cl2N2O. The lowest BCUT2D eigenvalue weighted by atomic mass is 10.1. The topological polar surface area (TPSA) is 35.0 Å². The van der Waals surface area contributed by atoms with Crippen LogP contribution in [0.2, 0.25) is 10.2 Å². The van der Waals surface area contributed by atoms with Gasteiger partial charge in [0.15, 0.2) is 10.9 Å². The quantitative estimate of drug-likeness (QED) is 0.771. The van der Waals surface area contributed by atoms with Crippen molar-refractivity contribution in [2.24, 2.45) is 0 Å².